The van der Waals surface area contributed by atoms with Gasteiger partial charge in [-0.25, -0.2) is 0 Å². The van der Waals surface area contributed by atoms with E-state index in [0.29, 0.717) is 0 Å². The Kier molecular flexibility index (Phi) is 5.09. The molecular formula is C42H25ClN2. The summed E-state index contributed by atoms with van der Waals surface area (Å²) in [6.45, 7) is 0. The number of benzene rings is 8. The third kappa shape index (κ3) is 3.40. The van der Waals surface area contributed by atoms with Crippen molar-refractivity contribution in [3.8, 4) is 11.4 Å². The van der Waals surface area contributed by atoms with Crippen molar-refractivity contribution in [2.75, 3.05) is 0 Å². The molecular weight excluding hydrogens is 568 g/mol. The molecule has 10 aromatic rings. The molecule has 0 N–H and O–H groups in total. The third-order valence-corrected chi connectivity index (χ3v) is 9.76. The van der Waals surface area contributed by atoms with E-state index >= 15 is 0 Å². The summed E-state index contributed by atoms with van der Waals surface area (Å²) in [6.07, 6.45) is 0. The van der Waals surface area contributed by atoms with Crippen molar-refractivity contribution in [3.63, 3.8) is 0 Å². The number of nitrogens with zero attached hydrogens (tertiary/aromatic N) is 2. The van der Waals surface area contributed by atoms with Gasteiger partial charge in [-0.3, -0.25) is 0 Å². The summed E-state index contributed by atoms with van der Waals surface area (Å²) in [7, 11) is 0. The predicted octanol–water partition coefficient (Wildman–Crippen LogP) is 12.0. The third-order valence-electron chi connectivity index (χ3n) is 9.53. The zero-order valence-electron chi connectivity index (χ0n) is 24.2. The molecule has 45 heavy (non-hydrogen) atoms. The summed E-state index contributed by atoms with van der Waals surface area (Å²) in [5, 5.41) is 13.2. The smallest absolute Gasteiger partial charge is 0.0641 e. The normalized spacial score (nSPS) is 12.1. The Morgan fingerprint density at radius 2 is 0.911 bits per heavy atom. The SMILES string of the molecule is Clc1ccc2c3ccc4c(c5ccccc5n4-c4ccccc4)c3n(-c3ccc4c5ccccc5c5ccccc5c4c3)c2c1. The predicted molar refractivity (Wildman–Crippen MR) is 193 cm³/mol. The van der Waals surface area contributed by atoms with Crippen LogP contribution >= 0.6 is 11.6 Å². The molecule has 3 heteroatoms. The summed E-state index contributed by atoms with van der Waals surface area (Å²) in [4.78, 5) is 0. The van der Waals surface area contributed by atoms with E-state index in [-0.39, 0.29) is 0 Å². The monoisotopic (exact) mass is 592 g/mol. The molecule has 0 unspecified atom stereocenters. The minimum Gasteiger partial charge on any atom is -0.309 e. The van der Waals surface area contributed by atoms with Crippen LogP contribution in [0.1, 0.15) is 0 Å². The van der Waals surface area contributed by atoms with E-state index in [0.717, 1.165) is 21.9 Å². The Morgan fingerprint density at radius 3 is 1.64 bits per heavy atom. The molecule has 2 heterocycles. The summed E-state index contributed by atoms with van der Waals surface area (Å²) in [5.74, 6) is 0. The first-order chi connectivity index (χ1) is 22.3. The number of hydrogen-bond donors (Lipinski definition) is 0. The highest BCUT2D eigenvalue weighted by atomic mass is 35.5. The quantitative estimate of drug-likeness (QED) is 0.177. The zero-order chi connectivity index (χ0) is 29.6. The van der Waals surface area contributed by atoms with Gasteiger partial charge in [-0.1, -0.05) is 115 Å². The van der Waals surface area contributed by atoms with Crippen LogP contribution in [-0.4, -0.2) is 9.13 Å². The molecule has 0 aliphatic heterocycles. The van der Waals surface area contributed by atoms with Gasteiger partial charge in [0, 0.05) is 37.9 Å². The van der Waals surface area contributed by atoms with Crippen molar-refractivity contribution in [1.29, 1.82) is 0 Å². The second-order valence-corrected chi connectivity index (χ2v) is 12.3. The van der Waals surface area contributed by atoms with Gasteiger partial charge in [0.25, 0.3) is 0 Å². The van der Waals surface area contributed by atoms with Crippen LogP contribution in [0.3, 0.4) is 0 Å². The summed E-state index contributed by atoms with van der Waals surface area (Å²) in [5.41, 5.74) is 6.94. The Hall–Kier alpha value is -5.57. The van der Waals surface area contributed by atoms with Crippen LogP contribution in [0.4, 0.5) is 0 Å². The van der Waals surface area contributed by atoms with Gasteiger partial charge in [-0.05, 0) is 80.8 Å². The summed E-state index contributed by atoms with van der Waals surface area (Å²) < 4.78 is 4.82. The Labute approximate surface area is 263 Å². The summed E-state index contributed by atoms with van der Waals surface area (Å²) in [6, 6.07) is 54.7. The molecule has 0 bridgehead atoms. The molecule has 0 saturated carbocycles. The number of rotatable bonds is 2. The minimum absolute atomic E-state index is 0.728. The van der Waals surface area contributed by atoms with E-state index in [2.05, 4.69) is 155 Å². The number of hydrogen-bond acceptors (Lipinski definition) is 0. The number of para-hydroxylation sites is 2. The number of aromatic nitrogens is 2. The van der Waals surface area contributed by atoms with Crippen LogP contribution in [0.25, 0.3) is 87.3 Å². The highest BCUT2D eigenvalue weighted by Crippen LogP contribution is 2.43. The number of halogens is 1. The average molecular weight is 593 g/mol. The maximum absolute atomic E-state index is 6.72. The van der Waals surface area contributed by atoms with Crippen LogP contribution in [-0.2, 0) is 0 Å². The molecule has 0 fully saturated rings. The molecule has 210 valence electrons. The van der Waals surface area contributed by atoms with Gasteiger partial charge in [-0.15, -0.1) is 0 Å². The molecule has 0 atom stereocenters. The minimum atomic E-state index is 0.728. The lowest BCUT2D eigenvalue weighted by molar-refractivity contribution is 1.18. The maximum atomic E-state index is 6.72. The average Bonchev–Trinajstić information content (AvgIpc) is 3.61. The standard InChI is InChI=1S/C42H25ClN2/c43-26-18-20-34-35-22-23-39-41(36-16-8-9-17-38(36)44(39)27-10-2-1-3-11-27)42(35)45(40(34)24-26)28-19-21-33-31-14-5-4-12-29(31)30-13-6-7-15-32(30)37(33)25-28/h1-25H. The molecule has 2 aromatic heterocycles. The largest absolute Gasteiger partial charge is 0.309 e. The highest BCUT2D eigenvalue weighted by Gasteiger charge is 2.21. The van der Waals surface area contributed by atoms with Crippen molar-refractivity contribution < 1.29 is 0 Å². The molecule has 0 aliphatic carbocycles. The maximum Gasteiger partial charge on any atom is 0.0641 e. The lowest BCUT2D eigenvalue weighted by Gasteiger charge is -2.14. The lowest BCUT2D eigenvalue weighted by atomic mass is 9.94. The van der Waals surface area contributed by atoms with Crippen molar-refractivity contribution in [2.24, 2.45) is 0 Å². The number of fused-ring (bicyclic) bond motifs is 13. The first-order valence-corrected chi connectivity index (χ1v) is 15.7. The molecule has 2 nitrogen and oxygen atoms in total. The summed E-state index contributed by atoms with van der Waals surface area (Å²) >= 11 is 6.72. The van der Waals surface area contributed by atoms with Crippen molar-refractivity contribution in [1.82, 2.24) is 9.13 Å². The van der Waals surface area contributed by atoms with Gasteiger partial charge in [0.15, 0.2) is 0 Å². The van der Waals surface area contributed by atoms with E-state index < -0.39 is 0 Å². The zero-order valence-corrected chi connectivity index (χ0v) is 25.0. The topological polar surface area (TPSA) is 9.86 Å². The molecule has 0 spiro atoms. The molecule has 0 aliphatic rings. The van der Waals surface area contributed by atoms with Crippen LogP contribution in [0, 0.1) is 0 Å². The molecule has 0 amide bonds. The van der Waals surface area contributed by atoms with Crippen LogP contribution in [0.5, 0.6) is 0 Å². The van der Waals surface area contributed by atoms with E-state index in [9.17, 15) is 0 Å². The van der Waals surface area contributed by atoms with E-state index in [4.69, 9.17) is 11.6 Å². The van der Waals surface area contributed by atoms with Gasteiger partial charge >= 0.3 is 0 Å². The van der Waals surface area contributed by atoms with Crippen LogP contribution < -0.4 is 0 Å². The Balaban J connectivity index is 1.41. The first kappa shape index (κ1) is 24.8. The highest BCUT2D eigenvalue weighted by molar-refractivity contribution is 6.32. The van der Waals surface area contributed by atoms with E-state index in [1.165, 1.54) is 70.4 Å². The Morgan fingerprint density at radius 1 is 0.333 bits per heavy atom. The van der Waals surface area contributed by atoms with Crippen LogP contribution in [0.15, 0.2) is 152 Å². The fourth-order valence-electron chi connectivity index (χ4n) is 7.69. The van der Waals surface area contributed by atoms with Gasteiger partial charge in [-0.2, -0.15) is 0 Å². The molecule has 0 radical (unpaired) electrons. The first-order valence-electron chi connectivity index (χ1n) is 15.3. The van der Waals surface area contributed by atoms with Crippen LogP contribution in [0.2, 0.25) is 5.02 Å². The van der Waals surface area contributed by atoms with Crippen molar-refractivity contribution in [3.05, 3.63) is 157 Å². The van der Waals surface area contributed by atoms with Gasteiger partial charge in [0.1, 0.15) is 0 Å². The van der Waals surface area contributed by atoms with Gasteiger partial charge in [0.2, 0.25) is 0 Å². The molecule has 8 aromatic carbocycles. The van der Waals surface area contributed by atoms with Crippen molar-refractivity contribution in [2.45, 2.75) is 0 Å². The Bertz CT molecular complexity index is 2790. The second-order valence-electron chi connectivity index (χ2n) is 11.9. The van der Waals surface area contributed by atoms with Crippen molar-refractivity contribution >= 4 is 87.5 Å². The fourth-order valence-corrected chi connectivity index (χ4v) is 7.85. The van der Waals surface area contributed by atoms with E-state index in [1.54, 1.807) is 0 Å². The van der Waals surface area contributed by atoms with Gasteiger partial charge in [0.05, 0.1) is 22.1 Å². The van der Waals surface area contributed by atoms with Gasteiger partial charge < -0.3 is 9.13 Å². The fraction of sp³-hybridized carbons (Fsp3) is 0. The molecule has 0 saturated heterocycles. The lowest BCUT2D eigenvalue weighted by Crippen LogP contribution is -1.96. The second kappa shape index (κ2) is 9.22. The van der Waals surface area contributed by atoms with E-state index in [1.807, 2.05) is 6.07 Å². The molecule has 10 rings (SSSR count).